The lowest BCUT2D eigenvalue weighted by Crippen LogP contribution is -2.30. The molecule has 0 saturated carbocycles. The zero-order valence-electron chi connectivity index (χ0n) is 44.1. The van der Waals surface area contributed by atoms with E-state index in [4.69, 9.17) is 9.47 Å². The monoisotopic (exact) mass is 1060 g/mol. The van der Waals surface area contributed by atoms with Crippen molar-refractivity contribution in [3.8, 4) is 0 Å². The Morgan fingerprint density at radius 3 is 2.05 bits per heavy atom. The molecule has 3 heterocycles. The van der Waals surface area contributed by atoms with Gasteiger partial charge < -0.3 is 20.1 Å². The van der Waals surface area contributed by atoms with E-state index in [1.165, 1.54) is 48.9 Å². The number of carbonyl (C=O) groups excluding carboxylic acids is 5. The highest BCUT2D eigenvalue weighted by Crippen LogP contribution is 2.23. The number of aryl methyl sites for hydroxylation is 2. The van der Waals surface area contributed by atoms with Crippen molar-refractivity contribution in [1.29, 1.82) is 0 Å². The second kappa shape index (κ2) is 32.4. The average molecular weight is 1060 g/mol. The first kappa shape index (κ1) is 59.8. The van der Waals surface area contributed by atoms with E-state index in [9.17, 15) is 37.1 Å². The van der Waals surface area contributed by atoms with Gasteiger partial charge in [-0.3, -0.25) is 29.3 Å². The Hall–Kier alpha value is -8.05. The third-order valence-electron chi connectivity index (χ3n) is 12.1. The van der Waals surface area contributed by atoms with Crippen LogP contribution < -0.4 is 16.0 Å². The highest BCUT2D eigenvalue weighted by atomic mass is 19.1. The molecule has 1 aliphatic rings. The quantitative estimate of drug-likeness (QED) is 0.0352. The van der Waals surface area contributed by atoms with Crippen LogP contribution >= 0.6 is 0 Å². The fourth-order valence-corrected chi connectivity index (χ4v) is 8.19. The summed E-state index contributed by atoms with van der Waals surface area (Å²) in [7, 11) is 0. The van der Waals surface area contributed by atoms with Gasteiger partial charge >= 0.3 is 11.9 Å². The molecule has 77 heavy (non-hydrogen) atoms. The van der Waals surface area contributed by atoms with E-state index >= 15 is 0 Å². The average Bonchev–Trinajstić information content (AvgIpc) is 3.84. The number of ketones is 2. The molecular formula is C60H68F3N7O7. The summed E-state index contributed by atoms with van der Waals surface area (Å²) in [5.74, 6) is -1.66. The number of unbranched alkanes of at least 4 members (excludes halogenated alkanes) is 1. The molecule has 2 unspecified atom stereocenters. The van der Waals surface area contributed by atoms with E-state index in [0.29, 0.717) is 55.0 Å². The number of Topliss-reactive ketones (excluding diaryl/α,β-unsaturated/α-hetero) is 2. The number of fused-ring (bicyclic) bond motifs is 2. The van der Waals surface area contributed by atoms with Crippen LogP contribution in [0.1, 0.15) is 110 Å². The summed E-state index contributed by atoms with van der Waals surface area (Å²) < 4.78 is 50.4. The zero-order valence-corrected chi connectivity index (χ0v) is 44.1. The van der Waals surface area contributed by atoms with Crippen molar-refractivity contribution in [2.75, 3.05) is 38.2 Å². The molecule has 406 valence electrons. The maximum Gasteiger partial charge on any atom is 0.313 e. The zero-order chi connectivity index (χ0) is 55.4. The molecule has 0 radical (unpaired) electrons. The SMILES string of the molecule is CC(=O)C(CNC(=O)CCCCc1ccc2c(n1)NCCC2)c1cccc(F)c1.CCOC(=O)C(CC)c1cccc(F)c1.CCOC(=O)Cc1cccc(F)c1.O=C(CNCn1nnc2ccccc21)c1ccccc1. The molecule has 8 rings (SSSR count). The molecule has 5 aromatic carbocycles. The number of amides is 1. The molecule has 0 bridgehead atoms. The van der Waals surface area contributed by atoms with E-state index in [2.05, 4.69) is 43.4 Å². The minimum atomic E-state index is -0.526. The van der Waals surface area contributed by atoms with Crippen molar-refractivity contribution < 1.29 is 46.6 Å². The third-order valence-corrected chi connectivity index (χ3v) is 12.1. The normalized spacial score (nSPS) is 12.0. The molecule has 0 aliphatic carbocycles. The number of para-hydroxylation sites is 1. The summed E-state index contributed by atoms with van der Waals surface area (Å²) in [6.45, 7) is 9.45. The van der Waals surface area contributed by atoms with Crippen molar-refractivity contribution in [3.05, 3.63) is 190 Å². The standard InChI is InChI=1S/C23H28FN3O2.C15H14N4O.C12H15FO2.C10H11FO2/c1-16(28)21(18-6-4-8-19(24)14-18)15-26-22(29)10-3-2-9-20-12-11-17-7-5-13-25-23(17)27-20;20-15(12-6-2-1-3-7-12)10-16-11-19-14-9-5-4-8-13(14)17-18-19;1-3-11(12(14)15-4-2)9-6-5-7-10(13)8-9;1-2-13-10(12)7-8-4-3-5-9(11)6-8/h4,6,8,11-12,14,21H,2-3,5,7,9-10,13,15H2,1H3,(H,25,27)(H,26,29);1-9,16H,10-11H2;5-8,11H,3-4H2,1-2H3;3-6H,2,7H2,1H3. The summed E-state index contributed by atoms with van der Waals surface area (Å²) in [5, 5.41) is 17.4. The van der Waals surface area contributed by atoms with Gasteiger partial charge in [0.2, 0.25) is 5.91 Å². The van der Waals surface area contributed by atoms with Crippen molar-refractivity contribution in [3.63, 3.8) is 0 Å². The number of rotatable bonds is 21. The number of ether oxygens (including phenoxy) is 2. The Labute approximate surface area is 448 Å². The van der Waals surface area contributed by atoms with Crippen LogP contribution in [0.5, 0.6) is 0 Å². The van der Waals surface area contributed by atoms with Crippen LogP contribution in [0.4, 0.5) is 19.0 Å². The number of anilines is 1. The van der Waals surface area contributed by atoms with Gasteiger partial charge in [-0.1, -0.05) is 97.1 Å². The van der Waals surface area contributed by atoms with Crippen LogP contribution in [-0.4, -0.2) is 82.2 Å². The van der Waals surface area contributed by atoms with E-state index in [1.54, 1.807) is 54.9 Å². The van der Waals surface area contributed by atoms with E-state index in [1.807, 2.05) is 61.5 Å². The van der Waals surface area contributed by atoms with E-state index in [-0.39, 0.29) is 72.3 Å². The molecule has 0 fully saturated rings. The first-order valence-corrected chi connectivity index (χ1v) is 25.9. The van der Waals surface area contributed by atoms with Gasteiger partial charge in [-0.25, -0.2) is 22.8 Å². The van der Waals surface area contributed by atoms with Gasteiger partial charge in [-0.2, -0.15) is 0 Å². The molecule has 2 atom stereocenters. The fraction of sp³-hybridized carbons (Fsp3) is 0.333. The minimum absolute atomic E-state index is 0.0648. The number of esters is 2. The lowest BCUT2D eigenvalue weighted by Gasteiger charge is -2.17. The number of carbonyl (C=O) groups is 5. The predicted molar refractivity (Wildman–Crippen MR) is 291 cm³/mol. The highest BCUT2D eigenvalue weighted by Gasteiger charge is 2.21. The molecule has 0 spiro atoms. The summed E-state index contributed by atoms with van der Waals surface area (Å²) in [5.41, 5.74) is 6.73. The maximum absolute atomic E-state index is 13.4. The molecule has 17 heteroatoms. The highest BCUT2D eigenvalue weighted by molar-refractivity contribution is 5.97. The Morgan fingerprint density at radius 2 is 1.39 bits per heavy atom. The molecule has 7 aromatic rings. The van der Waals surface area contributed by atoms with Gasteiger partial charge in [-0.05, 0) is 136 Å². The number of benzene rings is 5. The first-order valence-electron chi connectivity index (χ1n) is 25.9. The Morgan fingerprint density at radius 1 is 0.727 bits per heavy atom. The molecule has 1 amide bonds. The molecule has 3 N–H and O–H groups in total. The van der Waals surface area contributed by atoms with Crippen molar-refractivity contribution >= 4 is 46.3 Å². The van der Waals surface area contributed by atoms with E-state index in [0.717, 1.165) is 61.2 Å². The minimum Gasteiger partial charge on any atom is -0.466 e. The van der Waals surface area contributed by atoms with Gasteiger partial charge in [0.15, 0.2) is 5.78 Å². The predicted octanol–water partition coefficient (Wildman–Crippen LogP) is 10.5. The summed E-state index contributed by atoms with van der Waals surface area (Å²) in [4.78, 5) is 63.2. The molecule has 14 nitrogen and oxygen atoms in total. The maximum atomic E-state index is 13.4. The summed E-state index contributed by atoms with van der Waals surface area (Å²) >= 11 is 0. The number of halogens is 3. The van der Waals surface area contributed by atoms with Crippen molar-refractivity contribution in [1.82, 2.24) is 30.6 Å². The lowest BCUT2D eigenvalue weighted by atomic mass is 9.95. The van der Waals surface area contributed by atoms with Gasteiger partial charge in [0, 0.05) is 30.8 Å². The molecule has 2 aromatic heterocycles. The van der Waals surface area contributed by atoms with Crippen LogP contribution in [0.15, 0.2) is 140 Å². The lowest BCUT2D eigenvalue weighted by molar-refractivity contribution is -0.145. The number of pyridine rings is 1. The van der Waals surface area contributed by atoms with Crippen LogP contribution in [0.3, 0.4) is 0 Å². The summed E-state index contributed by atoms with van der Waals surface area (Å²) in [6, 6.07) is 39.2. The Bertz CT molecular complexity index is 2990. The van der Waals surface area contributed by atoms with Crippen molar-refractivity contribution in [2.45, 2.75) is 97.6 Å². The topological polar surface area (TPSA) is 184 Å². The smallest absolute Gasteiger partial charge is 0.313 e. The van der Waals surface area contributed by atoms with Gasteiger partial charge in [-0.15, -0.1) is 5.10 Å². The van der Waals surface area contributed by atoms with Crippen molar-refractivity contribution in [2.24, 2.45) is 0 Å². The van der Waals surface area contributed by atoms with Crippen LogP contribution in [0, 0.1) is 17.5 Å². The second-order valence-electron chi connectivity index (χ2n) is 17.9. The largest absolute Gasteiger partial charge is 0.466 e. The van der Waals surface area contributed by atoms with E-state index < -0.39 is 5.92 Å². The van der Waals surface area contributed by atoms with Crippen LogP contribution in [0.25, 0.3) is 11.0 Å². The first-order chi connectivity index (χ1) is 37.3. The van der Waals surface area contributed by atoms with Gasteiger partial charge in [0.25, 0.3) is 0 Å². The van der Waals surface area contributed by atoms with Crippen LogP contribution in [0.2, 0.25) is 0 Å². The Kier molecular flexibility index (Phi) is 25.2. The fourth-order valence-electron chi connectivity index (χ4n) is 8.19. The second-order valence-corrected chi connectivity index (χ2v) is 17.9. The third kappa shape index (κ3) is 20.5. The number of aromatic nitrogens is 4. The molecule has 1 aliphatic heterocycles. The Balaban J connectivity index is 0.000000199. The summed E-state index contributed by atoms with van der Waals surface area (Å²) in [6.07, 6.45) is 5.83. The molecule has 0 saturated heterocycles. The molecular weight excluding hydrogens is 988 g/mol. The van der Waals surface area contributed by atoms with Crippen LogP contribution in [-0.2, 0) is 54.6 Å². The number of nitrogens with zero attached hydrogens (tertiary/aromatic N) is 4. The van der Waals surface area contributed by atoms with Gasteiger partial charge in [0.05, 0.1) is 50.2 Å². The number of hydrogen-bond acceptors (Lipinski definition) is 12. The number of nitrogens with one attached hydrogen (secondary N) is 3. The van der Waals surface area contributed by atoms with Gasteiger partial charge in [0.1, 0.15) is 34.6 Å². The number of hydrogen-bond donors (Lipinski definition) is 3.